The van der Waals surface area contributed by atoms with Crippen LogP contribution in [-0.4, -0.2) is 51.0 Å². The predicted molar refractivity (Wildman–Crippen MR) is 112 cm³/mol. The van der Waals surface area contributed by atoms with Gasteiger partial charge in [-0.05, 0) is 56.3 Å². The zero-order valence-corrected chi connectivity index (χ0v) is 17.6. The van der Waals surface area contributed by atoms with Crippen LogP contribution in [-0.2, 0) is 0 Å². The van der Waals surface area contributed by atoms with E-state index in [1.54, 1.807) is 30.4 Å². The molecule has 1 aliphatic heterocycles. The van der Waals surface area contributed by atoms with E-state index in [1.807, 2.05) is 18.0 Å². The first-order chi connectivity index (χ1) is 14.3. The molecule has 0 amide bonds. The molecular weight excluding hydrogens is 418 g/mol. The van der Waals surface area contributed by atoms with Crippen molar-refractivity contribution in [1.82, 2.24) is 4.90 Å². The van der Waals surface area contributed by atoms with Crippen LogP contribution < -0.4 is 4.90 Å². The molecule has 1 unspecified atom stereocenters. The molecular formula is C22H24ClF4N3. The highest BCUT2D eigenvalue weighted by Crippen LogP contribution is 2.35. The molecule has 162 valence electrons. The molecule has 0 N–H and O–H groups in total. The van der Waals surface area contributed by atoms with Gasteiger partial charge < -0.3 is 9.80 Å². The van der Waals surface area contributed by atoms with Crippen molar-refractivity contribution in [2.24, 2.45) is 0 Å². The van der Waals surface area contributed by atoms with Crippen molar-refractivity contribution >= 4 is 17.3 Å². The minimum atomic E-state index is -4.42. The number of halogens is 5. The molecule has 1 saturated heterocycles. The van der Waals surface area contributed by atoms with Gasteiger partial charge in [-0.2, -0.15) is 18.4 Å². The molecule has 1 heterocycles. The van der Waals surface area contributed by atoms with Crippen molar-refractivity contribution in [2.45, 2.75) is 25.1 Å². The quantitative estimate of drug-likeness (QED) is 0.563. The third-order valence-corrected chi connectivity index (χ3v) is 5.42. The Morgan fingerprint density at radius 1 is 1.30 bits per heavy atom. The molecule has 8 heteroatoms. The number of hydrogen-bond donors (Lipinski definition) is 0. The van der Waals surface area contributed by atoms with Crippen molar-refractivity contribution in [3.8, 4) is 6.07 Å². The highest BCUT2D eigenvalue weighted by atomic mass is 35.5. The lowest BCUT2D eigenvalue weighted by Gasteiger charge is -2.33. The number of likely N-dealkylation sites (tertiary alicyclic amines) is 1. The number of allylic oxidation sites excluding steroid dienone is 4. The van der Waals surface area contributed by atoms with E-state index >= 15 is 0 Å². The molecule has 1 aromatic carbocycles. The largest absolute Gasteiger partial charge is 0.416 e. The zero-order valence-electron chi connectivity index (χ0n) is 16.9. The van der Waals surface area contributed by atoms with Crippen molar-refractivity contribution < 1.29 is 17.6 Å². The number of nitriles is 1. The summed E-state index contributed by atoms with van der Waals surface area (Å²) in [7, 11) is 2.50. The van der Waals surface area contributed by atoms with Crippen molar-refractivity contribution in [1.29, 1.82) is 5.26 Å². The van der Waals surface area contributed by atoms with E-state index in [4.69, 9.17) is 16.9 Å². The Morgan fingerprint density at radius 2 is 2.03 bits per heavy atom. The van der Waals surface area contributed by atoms with Gasteiger partial charge in [0, 0.05) is 24.8 Å². The first-order valence-electron chi connectivity index (χ1n) is 9.45. The van der Waals surface area contributed by atoms with Gasteiger partial charge in [0.25, 0.3) is 0 Å². The van der Waals surface area contributed by atoms with Gasteiger partial charge in [0.05, 0.1) is 23.3 Å². The molecule has 0 spiro atoms. The van der Waals surface area contributed by atoms with Gasteiger partial charge in [0.15, 0.2) is 0 Å². The highest BCUT2D eigenvalue weighted by Gasteiger charge is 2.37. The molecule has 0 saturated carbocycles. The number of benzene rings is 1. The average molecular weight is 442 g/mol. The fourth-order valence-electron chi connectivity index (χ4n) is 3.65. The van der Waals surface area contributed by atoms with Crippen molar-refractivity contribution in [2.75, 3.05) is 38.8 Å². The predicted octanol–water partition coefficient (Wildman–Crippen LogP) is 5.68. The molecule has 0 bridgehead atoms. The van der Waals surface area contributed by atoms with Crippen LogP contribution in [0.25, 0.3) is 0 Å². The standard InChI is InChI=1S/C21H21ClF3N3.CH3F/c1-27-10-9-18(14-27)28(17-8-7-15(12-26)20(22)11-17)13-16-5-3-2-4-6-19(16)21(23,24)25;1-2/h2,4-8,11,18H,3,9-10,13-14H2,1H3;1H3. The third-order valence-electron chi connectivity index (χ3n) is 5.10. The van der Waals surface area contributed by atoms with E-state index in [0.29, 0.717) is 24.2 Å². The van der Waals surface area contributed by atoms with Crippen LogP contribution in [0.2, 0.25) is 5.02 Å². The summed E-state index contributed by atoms with van der Waals surface area (Å²) in [6.45, 7) is 1.77. The van der Waals surface area contributed by atoms with E-state index in [2.05, 4.69) is 4.90 Å². The summed E-state index contributed by atoms with van der Waals surface area (Å²) >= 11 is 6.20. The second-order valence-corrected chi connectivity index (χ2v) is 7.49. The Balaban J connectivity index is 0.00000155. The van der Waals surface area contributed by atoms with E-state index in [1.165, 1.54) is 6.08 Å². The summed E-state index contributed by atoms with van der Waals surface area (Å²) in [4.78, 5) is 4.14. The third kappa shape index (κ3) is 5.87. The number of rotatable bonds is 4. The molecule has 2 aliphatic rings. The van der Waals surface area contributed by atoms with Gasteiger partial charge in [0.2, 0.25) is 0 Å². The summed E-state index contributed by atoms with van der Waals surface area (Å²) in [5, 5.41) is 9.41. The summed E-state index contributed by atoms with van der Waals surface area (Å²) in [6, 6.07) is 7.14. The molecule has 3 nitrogen and oxygen atoms in total. The first kappa shape index (κ1) is 24.0. The smallest absolute Gasteiger partial charge is 0.363 e. The van der Waals surface area contributed by atoms with E-state index in [-0.39, 0.29) is 18.2 Å². The molecule has 1 aromatic rings. The number of likely N-dealkylation sites (N-methyl/N-ethyl adjacent to an activating group) is 1. The van der Waals surface area contributed by atoms with Gasteiger partial charge >= 0.3 is 6.18 Å². The van der Waals surface area contributed by atoms with Crippen LogP contribution in [0.1, 0.15) is 18.4 Å². The van der Waals surface area contributed by atoms with Gasteiger partial charge in [-0.15, -0.1) is 0 Å². The fourth-order valence-corrected chi connectivity index (χ4v) is 3.87. The Morgan fingerprint density at radius 3 is 2.60 bits per heavy atom. The number of nitrogens with zero attached hydrogens (tertiary/aromatic N) is 3. The normalized spacial score (nSPS) is 19.2. The molecule has 0 aromatic heterocycles. The molecule has 1 atom stereocenters. The molecule has 0 radical (unpaired) electrons. The fraction of sp³-hybridized carbons (Fsp3) is 0.409. The lowest BCUT2D eigenvalue weighted by atomic mass is 10.0. The molecule has 1 fully saturated rings. The summed E-state index contributed by atoms with van der Waals surface area (Å²) in [6.07, 6.45) is 2.84. The topological polar surface area (TPSA) is 30.3 Å². The summed E-state index contributed by atoms with van der Waals surface area (Å²) in [5.41, 5.74) is 0.719. The van der Waals surface area contributed by atoms with Crippen molar-refractivity contribution in [3.63, 3.8) is 0 Å². The van der Waals surface area contributed by atoms with Crippen LogP contribution in [0.5, 0.6) is 0 Å². The minimum Gasteiger partial charge on any atom is -0.363 e. The first-order valence-corrected chi connectivity index (χ1v) is 9.83. The van der Waals surface area contributed by atoms with Gasteiger partial charge in [0.1, 0.15) is 6.07 Å². The summed E-state index contributed by atoms with van der Waals surface area (Å²) in [5.74, 6) is 0. The van der Waals surface area contributed by atoms with Crippen molar-refractivity contribution in [3.05, 3.63) is 64.2 Å². The van der Waals surface area contributed by atoms with Crippen LogP contribution >= 0.6 is 11.6 Å². The zero-order chi connectivity index (χ0) is 22.3. The lowest BCUT2D eigenvalue weighted by Crippen LogP contribution is -2.39. The van der Waals surface area contributed by atoms with Crippen LogP contribution in [0.3, 0.4) is 0 Å². The van der Waals surface area contributed by atoms with Crippen LogP contribution in [0, 0.1) is 11.3 Å². The number of hydrogen-bond acceptors (Lipinski definition) is 3. The minimum absolute atomic E-state index is 0.0700. The maximum Gasteiger partial charge on any atom is 0.416 e. The second kappa shape index (κ2) is 10.6. The van der Waals surface area contributed by atoms with Gasteiger partial charge in [-0.3, -0.25) is 4.39 Å². The monoisotopic (exact) mass is 441 g/mol. The number of anilines is 1. The van der Waals surface area contributed by atoms with E-state index < -0.39 is 11.7 Å². The molecule has 1 aliphatic carbocycles. The van der Waals surface area contributed by atoms with E-state index in [9.17, 15) is 17.6 Å². The SMILES string of the molecule is CF.CN1CCC(N(CC2=CCC=CC=C2C(F)(F)F)c2ccc(C#N)c(Cl)c2)C1. The van der Waals surface area contributed by atoms with Gasteiger partial charge in [-0.25, -0.2) is 0 Å². The lowest BCUT2D eigenvalue weighted by molar-refractivity contribution is -0.0894. The second-order valence-electron chi connectivity index (χ2n) is 7.08. The Hall–Kier alpha value is -2.30. The van der Waals surface area contributed by atoms with Gasteiger partial charge in [-0.1, -0.05) is 29.8 Å². The maximum absolute atomic E-state index is 13.6. The van der Waals surface area contributed by atoms with E-state index in [0.717, 1.165) is 31.3 Å². The maximum atomic E-state index is 13.6. The average Bonchev–Trinajstić information content (AvgIpc) is 2.99. The Labute approximate surface area is 179 Å². The number of alkyl halides is 4. The molecule has 3 rings (SSSR count). The summed E-state index contributed by atoms with van der Waals surface area (Å²) < 4.78 is 50.3. The van der Waals surface area contributed by atoms with Crippen LogP contribution in [0.4, 0.5) is 23.2 Å². The Kier molecular flexibility index (Phi) is 8.51. The molecule has 30 heavy (non-hydrogen) atoms. The highest BCUT2D eigenvalue weighted by molar-refractivity contribution is 6.32. The van der Waals surface area contributed by atoms with Crippen LogP contribution in [0.15, 0.2) is 53.6 Å². The Bertz CT molecular complexity index is 868.